The fraction of sp³-hybridized carbons (Fsp3) is 0.600. The zero-order valence-corrected chi connectivity index (χ0v) is 11.2. The first kappa shape index (κ1) is 13.4. The number of nitrogens with two attached hydrogens (primary N) is 1. The van der Waals surface area contributed by atoms with Crippen molar-refractivity contribution in [2.75, 3.05) is 19.8 Å². The van der Waals surface area contributed by atoms with E-state index in [1.807, 2.05) is 6.07 Å². The molecule has 0 amide bonds. The number of benzene rings is 1. The van der Waals surface area contributed by atoms with Crippen molar-refractivity contribution < 1.29 is 9.47 Å². The molecule has 0 aromatic heterocycles. The van der Waals surface area contributed by atoms with Crippen molar-refractivity contribution in [3.05, 3.63) is 29.3 Å². The minimum Gasteiger partial charge on any atom is -0.491 e. The highest BCUT2D eigenvalue weighted by molar-refractivity contribution is 5.40. The Labute approximate surface area is 109 Å². The molecular weight excluding hydrogens is 226 g/mol. The molecule has 0 saturated heterocycles. The summed E-state index contributed by atoms with van der Waals surface area (Å²) in [5, 5.41) is 0. The van der Waals surface area contributed by atoms with Gasteiger partial charge in [-0.1, -0.05) is 19.4 Å². The Morgan fingerprint density at radius 3 is 3.00 bits per heavy atom. The van der Waals surface area contributed by atoms with E-state index in [1.165, 1.54) is 17.5 Å². The highest BCUT2D eigenvalue weighted by Crippen LogP contribution is 2.31. The largest absolute Gasteiger partial charge is 0.491 e. The Balaban J connectivity index is 1.74. The number of aryl methyl sites for hydroxylation is 1. The Morgan fingerprint density at radius 2 is 2.17 bits per heavy atom. The lowest BCUT2D eigenvalue weighted by atomic mass is 10.1. The molecule has 2 N–H and O–H groups in total. The van der Waals surface area contributed by atoms with Crippen LogP contribution in [0, 0.1) is 0 Å². The molecule has 1 aromatic carbocycles. The molecule has 0 bridgehead atoms. The van der Waals surface area contributed by atoms with Gasteiger partial charge in [0.15, 0.2) is 0 Å². The first-order valence-corrected chi connectivity index (χ1v) is 6.90. The van der Waals surface area contributed by atoms with Gasteiger partial charge in [0.2, 0.25) is 0 Å². The third-order valence-electron chi connectivity index (χ3n) is 3.38. The van der Waals surface area contributed by atoms with Crippen molar-refractivity contribution in [1.82, 2.24) is 0 Å². The Bertz CT molecular complexity index is 379. The van der Waals surface area contributed by atoms with Gasteiger partial charge >= 0.3 is 0 Å². The summed E-state index contributed by atoms with van der Waals surface area (Å²) in [6, 6.07) is 6.44. The molecule has 0 fully saturated rings. The molecule has 1 aromatic rings. The molecular formula is C15H23NO2. The van der Waals surface area contributed by atoms with Crippen LogP contribution in [0.25, 0.3) is 0 Å². The molecule has 100 valence electrons. The monoisotopic (exact) mass is 249 g/mol. The van der Waals surface area contributed by atoms with Crippen molar-refractivity contribution in [2.24, 2.45) is 5.73 Å². The number of ether oxygens (including phenoxy) is 2. The molecule has 0 heterocycles. The van der Waals surface area contributed by atoms with E-state index < -0.39 is 0 Å². The molecule has 18 heavy (non-hydrogen) atoms. The summed E-state index contributed by atoms with van der Waals surface area (Å²) < 4.78 is 11.1. The van der Waals surface area contributed by atoms with E-state index in [1.54, 1.807) is 0 Å². The second-order valence-electron chi connectivity index (χ2n) is 4.82. The summed E-state index contributed by atoms with van der Waals surface area (Å²) in [6.45, 7) is 4.28. The van der Waals surface area contributed by atoms with Gasteiger partial charge in [-0.15, -0.1) is 0 Å². The average molecular weight is 249 g/mol. The summed E-state index contributed by atoms with van der Waals surface area (Å²) in [6.07, 6.45) is 4.42. The van der Waals surface area contributed by atoms with Gasteiger partial charge in [-0.05, 0) is 42.5 Å². The minimum atomic E-state index is 0.214. The van der Waals surface area contributed by atoms with Crippen molar-refractivity contribution in [2.45, 2.75) is 38.6 Å². The van der Waals surface area contributed by atoms with Gasteiger partial charge in [0, 0.05) is 12.6 Å². The standard InChI is InChI=1S/C15H23NO2/c1-2-3-8-17-9-10-18-13-5-6-14-12(11-13)4-7-15(14)16/h5-6,11,15H,2-4,7-10,16H2,1H3. The van der Waals surface area contributed by atoms with Gasteiger partial charge in [0.05, 0.1) is 6.61 Å². The van der Waals surface area contributed by atoms with E-state index in [-0.39, 0.29) is 6.04 Å². The van der Waals surface area contributed by atoms with Crippen molar-refractivity contribution in [1.29, 1.82) is 0 Å². The van der Waals surface area contributed by atoms with Gasteiger partial charge < -0.3 is 15.2 Å². The van der Waals surface area contributed by atoms with Crippen LogP contribution in [0.5, 0.6) is 5.75 Å². The van der Waals surface area contributed by atoms with Crippen LogP contribution in [-0.2, 0) is 11.2 Å². The van der Waals surface area contributed by atoms with Crippen molar-refractivity contribution in [3.8, 4) is 5.75 Å². The number of hydrogen-bond donors (Lipinski definition) is 1. The summed E-state index contributed by atoms with van der Waals surface area (Å²) in [5.41, 5.74) is 8.62. The van der Waals surface area contributed by atoms with Crippen LogP contribution in [0.4, 0.5) is 0 Å². The van der Waals surface area contributed by atoms with Crippen LogP contribution < -0.4 is 10.5 Å². The zero-order chi connectivity index (χ0) is 12.8. The number of unbranched alkanes of at least 4 members (excludes halogenated alkanes) is 1. The van der Waals surface area contributed by atoms with Crippen molar-refractivity contribution >= 4 is 0 Å². The van der Waals surface area contributed by atoms with Crippen LogP contribution in [0.1, 0.15) is 43.4 Å². The number of fused-ring (bicyclic) bond motifs is 1. The molecule has 1 aliphatic rings. The van der Waals surface area contributed by atoms with Gasteiger partial charge in [0.1, 0.15) is 12.4 Å². The van der Waals surface area contributed by atoms with E-state index in [2.05, 4.69) is 19.1 Å². The third-order valence-corrected chi connectivity index (χ3v) is 3.38. The first-order valence-electron chi connectivity index (χ1n) is 6.90. The quantitative estimate of drug-likeness (QED) is 0.756. The maximum Gasteiger partial charge on any atom is 0.119 e. The molecule has 3 heteroatoms. The summed E-state index contributed by atoms with van der Waals surface area (Å²) in [5.74, 6) is 0.932. The van der Waals surface area contributed by atoms with E-state index in [4.69, 9.17) is 15.2 Å². The second-order valence-corrected chi connectivity index (χ2v) is 4.82. The highest BCUT2D eigenvalue weighted by Gasteiger charge is 2.18. The minimum absolute atomic E-state index is 0.214. The molecule has 2 rings (SSSR count). The lowest BCUT2D eigenvalue weighted by Gasteiger charge is -2.09. The van der Waals surface area contributed by atoms with Gasteiger partial charge in [-0.25, -0.2) is 0 Å². The third kappa shape index (κ3) is 3.47. The first-order chi connectivity index (χ1) is 8.81. The van der Waals surface area contributed by atoms with Gasteiger partial charge in [0.25, 0.3) is 0 Å². The summed E-state index contributed by atoms with van der Waals surface area (Å²) in [4.78, 5) is 0. The predicted molar refractivity (Wildman–Crippen MR) is 72.9 cm³/mol. The maximum atomic E-state index is 6.00. The predicted octanol–water partition coefficient (Wildman–Crippen LogP) is 2.83. The maximum absolute atomic E-state index is 6.00. The highest BCUT2D eigenvalue weighted by atomic mass is 16.5. The number of rotatable bonds is 7. The lowest BCUT2D eigenvalue weighted by molar-refractivity contribution is 0.0980. The van der Waals surface area contributed by atoms with Gasteiger partial charge in [-0.3, -0.25) is 0 Å². The van der Waals surface area contributed by atoms with E-state index in [9.17, 15) is 0 Å². The van der Waals surface area contributed by atoms with Crippen LogP contribution in [-0.4, -0.2) is 19.8 Å². The zero-order valence-electron chi connectivity index (χ0n) is 11.2. The van der Waals surface area contributed by atoms with Crippen LogP contribution >= 0.6 is 0 Å². The topological polar surface area (TPSA) is 44.5 Å². The van der Waals surface area contributed by atoms with Gasteiger partial charge in [-0.2, -0.15) is 0 Å². The van der Waals surface area contributed by atoms with Crippen molar-refractivity contribution in [3.63, 3.8) is 0 Å². The second kappa shape index (κ2) is 6.76. The molecule has 1 unspecified atom stereocenters. The fourth-order valence-corrected chi connectivity index (χ4v) is 2.28. The SMILES string of the molecule is CCCCOCCOc1ccc2c(c1)CCC2N. The molecule has 1 aliphatic carbocycles. The van der Waals surface area contributed by atoms with Crippen LogP contribution in [0.15, 0.2) is 18.2 Å². The molecule has 0 aliphatic heterocycles. The smallest absolute Gasteiger partial charge is 0.119 e. The average Bonchev–Trinajstić information content (AvgIpc) is 2.75. The molecule has 0 saturated carbocycles. The fourth-order valence-electron chi connectivity index (χ4n) is 2.28. The van der Waals surface area contributed by atoms with E-state index in [0.717, 1.165) is 31.6 Å². The van der Waals surface area contributed by atoms with E-state index in [0.29, 0.717) is 13.2 Å². The molecule has 3 nitrogen and oxygen atoms in total. The molecule has 1 atom stereocenters. The molecule has 0 spiro atoms. The Hall–Kier alpha value is -1.06. The van der Waals surface area contributed by atoms with E-state index >= 15 is 0 Å². The number of hydrogen-bond acceptors (Lipinski definition) is 3. The summed E-state index contributed by atoms with van der Waals surface area (Å²) in [7, 11) is 0. The summed E-state index contributed by atoms with van der Waals surface area (Å²) >= 11 is 0. The van der Waals surface area contributed by atoms with Crippen LogP contribution in [0.2, 0.25) is 0 Å². The Morgan fingerprint density at radius 1 is 1.28 bits per heavy atom. The van der Waals surface area contributed by atoms with Crippen LogP contribution in [0.3, 0.4) is 0 Å². The Kier molecular flexibility index (Phi) is 5.02. The normalized spacial score (nSPS) is 17.8. The lowest BCUT2D eigenvalue weighted by Crippen LogP contribution is -2.08. The molecule has 0 radical (unpaired) electrons.